The average Bonchev–Trinajstić information content (AvgIpc) is 2.67. The van der Waals surface area contributed by atoms with Gasteiger partial charge in [-0.05, 0) is 52.7 Å². The molecule has 0 atom stereocenters. The minimum absolute atomic E-state index is 0.201. The largest absolute Gasteiger partial charge is 0.497 e. The third kappa shape index (κ3) is 4.10. The summed E-state index contributed by atoms with van der Waals surface area (Å²) in [4.78, 5) is 12.3. The van der Waals surface area contributed by atoms with E-state index < -0.39 is 17.5 Å². The molecule has 3 rings (SSSR count). The number of halogens is 2. The molecule has 1 amide bonds. The van der Waals surface area contributed by atoms with E-state index in [2.05, 4.69) is 5.32 Å². The number of anilines is 1. The smallest absolute Gasteiger partial charge is 0.266 e. The zero-order chi connectivity index (χ0) is 19.4. The predicted octanol–water partition coefficient (Wildman–Crippen LogP) is 4.67. The highest BCUT2D eigenvalue weighted by atomic mass is 19.1. The van der Waals surface area contributed by atoms with Crippen molar-refractivity contribution in [2.45, 2.75) is 0 Å². The van der Waals surface area contributed by atoms with Crippen LogP contribution in [0.5, 0.6) is 5.75 Å². The summed E-state index contributed by atoms with van der Waals surface area (Å²) in [5, 5.41) is 13.4. The zero-order valence-electron chi connectivity index (χ0n) is 14.3. The standard InChI is InChI=1S/C21H14F2N2O2/c1-27-18-6-4-14-8-13(2-3-15(14)10-18)9-16(12-24)21(26)25-20-7-5-17(22)11-19(20)23/h2-11H,1H3,(H,25,26)/b16-9+. The molecule has 0 bridgehead atoms. The van der Waals surface area contributed by atoms with Crippen LogP contribution in [-0.4, -0.2) is 13.0 Å². The minimum atomic E-state index is -0.916. The van der Waals surface area contributed by atoms with Gasteiger partial charge in [0.2, 0.25) is 0 Å². The van der Waals surface area contributed by atoms with Gasteiger partial charge in [0.05, 0.1) is 12.8 Å². The van der Waals surface area contributed by atoms with Crippen molar-refractivity contribution in [2.75, 3.05) is 12.4 Å². The second-order valence-corrected chi connectivity index (χ2v) is 5.72. The molecule has 0 heterocycles. The quantitative estimate of drug-likeness (QED) is 0.540. The molecule has 0 fully saturated rings. The second kappa shape index (κ2) is 7.67. The number of ether oxygens (including phenoxy) is 1. The highest BCUT2D eigenvalue weighted by Gasteiger charge is 2.13. The molecule has 0 saturated carbocycles. The number of methoxy groups -OCH3 is 1. The van der Waals surface area contributed by atoms with Gasteiger partial charge in [0, 0.05) is 6.07 Å². The lowest BCUT2D eigenvalue weighted by Gasteiger charge is -2.06. The van der Waals surface area contributed by atoms with E-state index in [1.165, 1.54) is 6.08 Å². The van der Waals surface area contributed by atoms with Crippen LogP contribution >= 0.6 is 0 Å². The molecule has 0 saturated heterocycles. The molecule has 0 aliphatic heterocycles. The number of hydrogen-bond donors (Lipinski definition) is 1. The first kappa shape index (κ1) is 18.1. The lowest BCUT2D eigenvalue weighted by molar-refractivity contribution is -0.112. The van der Waals surface area contributed by atoms with Crippen molar-refractivity contribution >= 4 is 28.4 Å². The number of fused-ring (bicyclic) bond motifs is 1. The van der Waals surface area contributed by atoms with Gasteiger partial charge in [-0.15, -0.1) is 0 Å². The van der Waals surface area contributed by atoms with Gasteiger partial charge in [0.1, 0.15) is 29.0 Å². The molecule has 4 nitrogen and oxygen atoms in total. The van der Waals surface area contributed by atoms with Crippen molar-refractivity contribution in [1.82, 2.24) is 0 Å². The lowest BCUT2D eigenvalue weighted by Crippen LogP contribution is -2.14. The maximum atomic E-state index is 13.7. The number of nitrogens with zero attached hydrogens (tertiary/aromatic N) is 1. The predicted molar refractivity (Wildman–Crippen MR) is 99.1 cm³/mol. The maximum Gasteiger partial charge on any atom is 0.266 e. The monoisotopic (exact) mass is 364 g/mol. The molecule has 6 heteroatoms. The molecule has 0 aliphatic carbocycles. The number of rotatable bonds is 4. The average molecular weight is 364 g/mol. The Hall–Kier alpha value is -3.72. The van der Waals surface area contributed by atoms with E-state index >= 15 is 0 Å². The molecule has 0 spiro atoms. The lowest BCUT2D eigenvalue weighted by atomic mass is 10.0. The highest BCUT2D eigenvalue weighted by Crippen LogP contribution is 2.23. The van der Waals surface area contributed by atoms with Crippen LogP contribution < -0.4 is 10.1 Å². The molecule has 1 N–H and O–H groups in total. The Morgan fingerprint density at radius 3 is 2.52 bits per heavy atom. The third-order valence-electron chi connectivity index (χ3n) is 3.93. The fourth-order valence-corrected chi connectivity index (χ4v) is 2.55. The van der Waals surface area contributed by atoms with Crippen molar-refractivity contribution in [2.24, 2.45) is 0 Å². The number of hydrogen-bond acceptors (Lipinski definition) is 3. The Kier molecular flexibility index (Phi) is 5.13. The molecule has 3 aromatic carbocycles. The summed E-state index contributed by atoms with van der Waals surface area (Å²) in [5.74, 6) is -1.73. The highest BCUT2D eigenvalue weighted by molar-refractivity contribution is 6.09. The third-order valence-corrected chi connectivity index (χ3v) is 3.93. The number of nitriles is 1. The summed E-state index contributed by atoms with van der Waals surface area (Å²) >= 11 is 0. The Labute approximate surface area is 154 Å². The second-order valence-electron chi connectivity index (χ2n) is 5.72. The van der Waals surface area contributed by atoms with Gasteiger partial charge in [-0.3, -0.25) is 4.79 Å². The van der Waals surface area contributed by atoms with E-state index in [4.69, 9.17) is 4.74 Å². The molecular weight excluding hydrogens is 350 g/mol. The normalized spacial score (nSPS) is 11.1. The Balaban J connectivity index is 1.88. The summed E-state index contributed by atoms with van der Waals surface area (Å²) in [6, 6.07) is 15.5. The van der Waals surface area contributed by atoms with Crippen LogP contribution in [0.2, 0.25) is 0 Å². The zero-order valence-corrected chi connectivity index (χ0v) is 14.3. The van der Waals surface area contributed by atoms with E-state index in [9.17, 15) is 18.8 Å². The van der Waals surface area contributed by atoms with Crippen LogP contribution in [0.4, 0.5) is 14.5 Å². The SMILES string of the molecule is COc1ccc2cc(/C=C(\C#N)C(=O)Nc3ccc(F)cc3F)ccc2c1. The van der Waals surface area contributed by atoms with E-state index in [0.29, 0.717) is 11.6 Å². The van der Waals surface area contributed by atoms with Gasteiger partial charge in [0.15, 0.2) is 0 Å². The van der Waals surface area contributed by atoms with Crippen molar-refractivity contribution in [3.05, 3.63) is 77.4 Å². The molecule has 27 heavy (non-hydrogen) atoms. The van der Waals surface area contributed by atoms with Crippen molar-refractivity contribution < 1.29 is 18.3 Å². The van der Waals surface area contributed by atoms with E-state index in [-0.39, 0.29) is 11.3 Å². The maximum absolute atomic E-state index is 13.7. The summed E-state index contributed by atoms with van der Waals surface area (Å²) in [6.07, 6.45) is 1.40. The van der Waals surface area contributed by atoms with Gasteiger partial charge in [-0.1, -0.05) is 18.2 Å². The van der Waals surface area contributed by atoms with Gasteiger partial charge in [-0.2, -0.15) is 5.26 Å². The van der Waals surface area contributed by atoms with Gasteiger partial charge < -0.3 is 10.1 Å². The number of carbonyl (C=O) groups excluding carboxylic acids is 1. The van der Waals surface area contributed by atoms with Crippen LogP contribution in [0, 0.1) is 23.0 Å². The van der Waals surface area contributed by atoms with Crippen LogP contribution in [0.3, 0.4) is 0 Å². The number of benzene rings is 3. The number of amides is 1. The van der Waals surface area contributed by atoms with Crippen LogP contribution in [0.1, 0.15) is 5.56 Å². The summed E-state index contributed by atoms with van der Waals surface area (Å²) in [6.45, 7) is 0. The Morgan fingerprint density at radius 1 is 1.07 bits per heavy atom. The first-order valence-corrected chi connectivity index (χ1v) is 7.96. The molecule has 134 valence electrons. The van der Waals surface area contributed by atoms with E-state index in [1.54, 1.807) is 19.2 Å². The summed E-state index contributed by atoms with van der Waals surface area (Å²) < 4.78 is 31.8. The summed E-state index contributed by atoms with van der Waals surface area (Å²) in [7, 11) is 1.58. The van der Waals surface area contributed by atoms with Gasteiger partial charge in [0.25, 0.3) is 5.91 Å². The molecule has 0 radical (unpaired) electrons. The minimum Gasteiger partial charge on any atom is -0.497 e. The van der Waals surface area contributed by atoms with Crippen LogP contribution in [-0.2, 0) is 4.79 Å². The Morgan fingerprint density at radius 2 is 1.81 bits per heavy atom. The fourth-order valence-electron chi connectivity index (χ4n) is 2.55. The van der Waals surface area contributed by atoms with Crippen molar-refractivity contribution in [3.63, 3.8) is 0 Å². The molecular formula is C21H14F2N2O2. The first-order valence-electron chi connectivity index (χ1n) is 7.96. The van der Waals surface area contributed by atoms with Gasteiger partial charge >= 0.3 is 0 Å². The number of nitrogens with one attached hydrogen (secondary N) is 1. The van der Waals surface area contributed by atoms with E-state index in [0.717, 1.165) is 28.7 Å². The molecule has 0 unspecified atom stereocenters. The first-order chi connectivity index (χ1) is 13.0. The van der Waals surface area contributed by atoms with Crippen molar-refractivity contribution in [3.8, 4) is 11.8 Å². The number of carbonyl (C=O) groups is 1. The van der Waals surface area contributed by atoms with Crippen LogP contribution in [0.25, 0.3) is 16.8 Å². The summed E-state index contributed by atoms with van der Waals surface area (Å²) in [5.41, 5.74) is 0.235. The molecule has 0 aliphatic rings. The van der Waals surface area contributed by atoms with Gasteiger partial charge in [-0.25, -0.2) is 8.78 Å². The van der Waals surface area contributed by atoms with E-state index in [1.807, 2.05) is 30.3 Å². The fraction of sp³-hybridized carbons (Fsp3) is 0.0476. The molecule has 3 aromatic rings. The topological polar surface area (TPSA) is 62.1 Å². The molecule has 0 aromatic heterocycles. The Bertz CT molecular complexity index is 1100. The van der Waals surface area contributed by atoms with Crippen LogP contribution in [0.15, 0.2) is 60.2 Å². The van der Waals surface area contributed by atoms with Crippen molar-refractivity contribution in [1.29, 1.82) is 5.26 Å².